The highest BCUT2D eigenvalue weighted by Gasteiger charge is 2.10. The third kappa shape index (κ3) is 3.99. The van der Waals surface area contributed by atoms with Gasteiger partial charge < -0.3 is 10.2 Å². The molecule has 1 unspecified atom stereocenters. The van der Waals surface area contributed by atoms with Gasteiger partial charge in [-0.3, -0.25) is 0 Å². The van der Waals surface area contributed by atoms with Crippen molar-refractivity contribution in [1.29, 1.82) is 0 Å². The normalized spacial score (nSPS) is 13.6. The second kappa shape index (κ2) is 6.20. The smallest absolute Gasteiger partial charge is 0.178 e. The van der Waals surface area contributed by atoms with Crippen LogP contribution in [0.1, 0.15) is 13.8 Å². The van der Waals surface area contributed by atoms with E-state index in [0.717, 1.165) is 12.2 Å². The molecule has 0 radical (unpaired) electrons. The van der Waals surface area contributed by atoms with Gasteiger partial charge in [-0.2, -0.15) is 0 Å². The summed E-state index contributed by atoms with van der Waals surface area (Å²) >= 11 is 0. The summed E-state index contributed by atoms with van der Waals surface area (Å²) in [7, 11) is 0.966. The zero-order chi connectivity index (χ0) is 13.8. The second-order valence-electron chi connectivity index (χ2n) is 4.62. The molecule has 1 rings (SSSR count). The van der Waals surface area contributed by atoms with Gasteiger partial charge in [0.1, 0.15) is 0 Å². The van der Waals surface area contributed by atoms with E-state index in [1.807, 2.05) is 26.2 Å². The third-order valence-corrected chi connectivity index (χ3v) is 4.83. The summed E-state index contributed by atoms with van der Waals surface area (Å²) in [6, 6.07) is 7.35. The van der Waals surface area contributed by atoms with Crippen molar-refractivity contribution in [2.45, 2.75) is 24.8 Å². The van der Waals surface area contributed by atoms with Gasteiger partial charge in [-0.05, 0) is 45.3 Å². The van der Waals surface area contributed by atoms with Gasteiger partial charge in [-0.25, -0.2) is 8.42 Å². The highest BCUT2D eigenvalue weighted by Crippen LogP contribution is 2.15. The van der Waals surface area contributed by atoms with Crippen molar-refractivity contribution in [2.75, 3.05) is 31.7 Å². The topological polar surface area (TPSA) is 49.4 Å². The lowest BCUT2D eigenvalue weighted by atomic mass is 10.3. The molecule has 0 heterocycles. The van der Waals surface area contributed by atoms with E-state index in [1.165, 1.54) is 0 Å². The van der Waals surface area contributed by atoms with E-state index in [4.69, 9.17) is 0 Å². The molecular weight excluding hydrogens is 248 g/mol. The summed E-state index contributed by atoms with van der Waals surface area (Å²) < 4.78 is 23.3. The summed E-state index contributed by atoms with van der Waals surface area (Å²) in [5.74, 6) is 0.136. The molecule has 1 aromatic carbocycles. The largest absolute Gasteiger partial charge is 0.383 e. The molecule has 1 N–H and O–H groups in total. The van der Waals surface area contributed by atoms with Crippen molar-refractivity contribution in [3.05, 3.63) is 24.3 Å². The van der Waals surface area contributed by atoms with Crippen LogP contribution in [0.2, 0.25) is 0 Å². The Morgan fingerprint density at radius 2 is 1.78 bits per heavy atom. The van der Waals surface area contributed by atoms with Gasteiger partial charge in [0.25, 0.3) is 0 Å². The molecule has 0 saturated heterocycles. The van der Waals surface area contributed by atoms with Gasteiger partial charge in [-0.1, -0.05) is 6.92 Å². The van der Waals surface area contributed by atoms with Crippen molar-refractivity contribution < 1.29 is 8.42 Å². The van der Waals surface area contributed by atoms with Gasteiger partial charge in [0.15, 0.2) is 9.84 Å². The van der Waals surface area contributed by atoms with Crippen LogP contribution in [-0.2, 0) is 9.84 Å². The Bertz CT molecular complexity index is 466. The maximum absolute atomic E-state index is 11.6. The number of rotatable bonds is 6. The van der Waals surface area contributed by atoms with E-state index in [9.17, 15) is 8.42 Å². The predicted molar refractivity (Wildman–Crippen MR) is 75.8 cm³/mol. The molecule has 0 bridgehead atoms. The van der Waals surface area contributed by atoms with Crippen LogP contribution >= 0.6 is 0 Å². The van der Waals surface area contributed by atoms with E-state index in [0.29, 0.717) is 10.9 Å². The van der Waals surface area contributed by atoms with Crippen molar-refractivity contribution >= 4 is 15.5 Å². The Balaban J connectivity index is 2.67. The first-order chi connectivity index (χ1) is 8.36. The van der Waals surface area contributed by atoms with Crippen LogP contribution in [0.5, 0.6) is 0 Å². The summed E-state index contributed by atoms with van der Waals surface area (Å²) in [6.45, 7) is 4.61. The Kier molecular flexibility index (Phi) is 5.16. The van der Waals surface area contributed by atoms with Crippen LogP contribution in [0.25, 0.3) is 0 Å². The Labute approximate surface area is 110 Å². The van der Waals surface area contributed by atoms with E-state index >= 15 is 0 Å². The average molecular weight is 270 g/mol. The molecule has 4 nitrogen and oxygen atoms in total. The fourth-order valence-electron chi connectivity index (χ4n) is 1.39. The van der Waals surface area contributed by atoms with Crippen molar-refractivity contribution in [3.63, 3.8) is 0 Å². The number of hydrogen-bond donors (Lipinski definition) is 1. The Morgan fingerprint density at radius 3 is 2.22 bits per heavy atom. The molecule has 0 aliphatic heterocycles. The third-order valence-electron chi connectivity index (χ3n) is 3.08. The fourth-order valence-corrected chi connectivity index (χ4v) is 2.28. The van der Waals surface area contributed by atoms with Crippen molar-refractivity contribution in [3.8, 4) is 0 Å². The lowest BCUT2D eigenvalue weighted by molar-refractivity contribution is 0.326. The van der Waals surface area contributed by atoms with Gasteiger partial charge in [-0.15, -0.1) is 0 Å². The molecule has 0 aromatic heterocycles. The van der Waals surface area contributed by atoms with Crippen LogP contribution in [0.3, 0.4) is 0 Å². The van der Waals surface area contributed by atoms with Gasteiger partial charge in [0.05, 0.1) is 10.6 Å². The molecule has 1 aromatic rings. The van der Waals surface area contributed by atoms with Crippen molar-refractivity contribution in [1.82, 2.24) is 4.90 Å². The van der Waals surface area contributed by atoms with E-state index in [-0.39, 0.29) is 5.75 Å². The molecule has 0 spiro atoms. The molecule has 18 heavy (non-hydrogen) atoms. The lowest BCUT2D eigenvalue weighted by Crippen LogP contribution is -2.31. The van der Waals surface area contributed by atoms with Gasteiger partial charge in [0.2, 0.25) is 0 Å². The second-order valence-corrected chi connectivity index (χ2v) is 6.90. The molecule has 0 saturated carbocycles. The first kappa shape index (κ1) is 15.0. The summed E-state index contributed by atoms with van der Waals surface area (Å²) in [4.78, 5) is 2.51. The Morgan fingerprint density at radius 1 is 1.22 bits per heavy atom. The van der Waals surface area contributed by atoms with E-state index in [1.54, 1.807) is 19.1 Å². The number of anilines is 1. The molecule has 102 valence electrons. The zero-order valence-corrected chi connectivity index (χ0v) is 12.3. The highest BCUT2D eigenvalue weighted by molar-refractivity contribution is 7.91. The number of sulfone groups is 1. The number of benzene rings is 1. The van der Waals surface area contributed by atoms with Crippen molar-refractivity contribution in [2.24, 2.45) is 0 Å². The molecule has 5 heteroatoms. The highest BCUT2D eigenvalue weighted by atomic mass is 32.2. The molecule has 0 aliphatic carbocycles. The number of nitrogens with zero attached hydrogens (tertiary/aromatic N) is 1. The van der Waals surface area contributed by atoms with Crippen LogP contribution in [0.4, 0.5) is 5.69 Å². The maximum Gasteiger partial charge on any atom is 0.178 e. The molecule has 0 fully saturated rings. The minimum atomic E-state index is -3.10. The minimum absolute atomic E-state index is 0.136. The summed E-state index contributed by atoms with van der Waals surface area (Å²) in [5, 5.41) is 3.29. The molecule has 0 amide bonds. The number of nitrogens with one attached hydrogen (secondary N) is 1. The summed E-state index contributed by atoms with van der Waals surface area (Å²) in [5.41, 5.74) is 0.943. The van der Waals surface area contributed by atoms with E-state index in [2.05, 4.69) is 17.1 Å². The van der Waals surface area contributed by atoms with Crippen LogP contribution in [0.15, 0.2) is 29.2 Å². The molecule has 1 atom stereocenters. The number of likely N-dealkylation sites (N-methyl/N-ethyl adjacent to an activating group) is 1. The SMILES string of the molecule is CCS(=O)(=O)c1ccc(NCC(C)N(C)C)cc1. The minimum Gasteiger partial charge on any atom is -0.383 e. The quantitative estimate of drug-likeness (QED) is 0.857. The average Bonchev–Trinajstić information content (AvgIpc) is 2.36. The zero-order valence-electron chi connectivity index (χ0n) is 11.5. The lowest BCUT2D eigenvalue weighted by Gasteiger charge is -2.20. The maximum atomic E-state index is 11.6. The Hall–Kier alpha value is -1.07. The first-order valence-electron chi connectivity index (χ1n) is 6.10. The van der Waals surface area contributed by atoms with Crippen LogP contribution in [-0.4, -0.2) is 45.8 Å². The summed E-state index contributed by atoms with van der Waals surface area (Å²) in [6.07, 6.45) is 0. The number of hydrogen-bond acceptors (Lipinski definition) is 4. The van der Waals surface area contributed by atoms with Gasteiger partial charge >= 0.3 is 0 Å². The van der Waals surface area contributed by atoms with Gasteiger partial charge in [0, 0.05) is 18.3 Å². The van der Waals surface area contributed by atoms with E-state index < -0.39 is 9.84 Å². The first-order valence-corrected chi connectivity index (χ1v) is 7.75. The van der Waals surface area contributed by atoms with Crippen LogP contribution < -0.4 is 5.32 Å². The fraction of sp³-hybridized carbons (Fsp3) is 0.538. The van der Waals surface area contributed by atoms with Crippen LogP contribution in [0, 0.1) is 0 Å². The standard InChI is InChI=1S/C13H22N2O2S/c1-5-18(16,17)13-8-6-12(7-9-13)14-10-11(2)15(3)4/h6-9,11,14H,5,10H2,1-4H3. The molecular formula is C13H22N2O2S. The monoisotopic (exact) mass is 270 g/mol. The predicted octanol–water partition coefficient (Wildman–Crippen LogP) is 1.84. The molecule has 0 aliphatic rings.